The van der Waals surface area contributed by atoms with Gasteiger partial charge in [-0.3, -0.25) is 4.79 Å². The first-order valence-corrected chi connectivity index (χ1v) is 5.05. The molecule has 0 aliphatic carbocycles. The highest BCUT2D eigenvalue weighted by atomic mass is 16.4. The van der Waals surface area contributed by atoms with Crippen LogP contribution in [0.1, 0.15) is 55.9 Å². The first kappa shape index (κ1) is 36.1. The molecule has 3 heteroatoms. The van der Waals surface area contributed by atoms with Crippen molar-refractivity contribution >= 4 is 5.91 Å². The van der Waals surface area contributed by atoms with Crippen LogP contribution in [0.4, 0.5) is 0 Å². The Kier molecular flexibility index (Phi) is 106. The minimum absolute atomic E-state index is 0. The van der Waals surface area contributed by atoms with Gasteiger partial charge in [0.2, 0.25) is 5.91 Å². The van der Waals surface area contributed by atoms with E-state index in [2.05, 4.69) is 18.6 Å². The number of hydrogen-bond acceptors (Lipinski definition) is 2. The fourth-order valence-electron chi connectivity index (χ4n) is 0. The predicted molar refractivity (Wildman–Crippen MR) is 78.1 cm³/mol. The molecule has 0 saturated heterocycles. The molecule has 0 fully saturated rings. The molecule has 0 aliphatic rings. The van der Waals surface area contributed by atoms with Gasteiger partial charge in [0.05, 0.1) is 0 Å². The van der Waals surface area contributed by atoms with Gasteiger partial charge < -0.3 is 9.64 Å². The predicted octanol–water partition coefficient (Wildman–Crippen LogP) is 4.07. The fraction of sp³-hybridized carbons (Fsp3) is 0.923. The zero-order valence-corrected chi connectivity index (χ0v) is 11.5. The van der Waals surface area contributed by atoms with Crippen LogP contribution in [-0.2, 0) is 9.53 Å². The van der Waals surface area contributed by atoms with Gasteiger partial charge in [0.15, 0.2) is 0 Å². The molecular formula is C13H37NO2. The minimum atomic E-state index is 0. The minimum Gasteiger partial charge on any atom is -0.388 e. The van der Waals surface area contributed by atoms with Gasteiger partial charge in [0.25, 0.3) is 0 Å². The van der Waals surface area contributed by atoms with Crippen LogP contribution in [0.2, 0.25) is 0 Å². The normalized spacial score (nSPS) is 5.56. The second kappa shape index (κ2) is 47.1. The zero-order valence-electron chi connectivity index (χ0n) is 11.5. The summed E-state index contributed by atoms with van der Waals surface area (Å²) in [6.07, 6.45) is 1.25. The van der Waals surface area contributed by atoms with Crippen LogP contribution in [0.5, 0.6) is 0 Å². The van der Waals surface area contributed by atoms with Crippen LogP contribution in [0, 0.1) is 0 Å². The lowest BCUT2D eigenvalue weighted by Gasteiger charge is -2.02. The van der Waals surface area contributed by atoms with E-state index in [0.717, 1.165) is 0 Å². The number of rotatable bonds is 0. The van der Waals surface area contributed by atoms with Crippen molar-refractivity contribution in [1.29, 1.82) is 0 Å². The molecule has 0 aliphatic heterocycles. The monoisotopic (exact) mass is 239 g/mol. The van der Waals surface area contributed by atoms with Gasteiger partial charge in [0, 0.05) is 35.2 Å². The molecule has 0 radical (unpaired) electrons. The van der Waals surface area contributed by atoms with Gasteiger partial charge in [-0.1, -0.05) is 49.0 Å². The van der Waals surface area contributed by atoms with Gasteiger partial charge in [-0.2, -0.15) is 0 Å². The zero-order chi connectivity index (χ0) is 12.6. The van der Waals surface area contributed by atoms with E-state index >= 15 is 0 Å². The lowest BCUT2D eigenvalue weighted by Crippen LogP contribution is -2.17. The lowest BCUT2D eigenvalue weighted by atomic mass is 10.6. The molecule has 0 unspecified atom stereocenters. The largest absolute Gasteiger partial charge is 0.388 e. The smallest absolute Gasteiger partial charge is 0.218 e. The maximum Gasteiger partial charge on any atom is 0.218 e. The van der Waals surface area contributed by atoms with E-state index in [1.165, 1.54) is 18.2 Å². The second-order valence-corrected chi connectivity index (χ2v) is 2.53. The van der Waals surface area contributed by atoms with E-state index in [1.54, 1.807) is 28.3 Å². The number of nitrogens with zero attached hydrogens (tertiary/aromatic N) is 1. The standard InChI is InChI=1S/C4H9NO.C3H8.C2H6O.C2H6.2CH4/c1-4(6)5(2)3;2*1-3-2;1-2;;/h1-3H3;3H2,1-2H3;1-2H3;1-2H3;2*1H4. The summed E-state index contributed by atoms with van der Waals surface area (Å²) in [6, 6.07) is 0. The topological polar surface area (TPSA) is 29.5 Å². The Morgan fingerprint density at radius 1 is 1.06 bits per heavy atom. The van der Waals surface area contributed by atoms with Crippen LogP contribution in [0.3, 0.4) is 0 Å². The van der Waals surface area contributed by atoms with Crippen molar-refractivity contribution in [3.05, 3.63) is 0 Å². The average Bonchev–Trinajstić information content (AvgIpc) is 2.10. The Bertz CT molecular complexity index is 82.0. The third kappa shape index (κ3) is 176. The summed E-state index contributed by atoms with van der Waals surface area (Å²) in [6.45, 7) is 9.78. The molecule has 0 aromatic carbocycles. The van der Waals surface area contributed by atoms with Gasteiger partial charge >= 0.3 is 0 Å². The van der Waals surface area contributed by atoms with Crippen molar-refractivity contribution in [2.75, 3.05) is 28.3 Å². The van der Waals surface area contributed by atoms with Crippen LogP contribution >= 0.6 is 0 Å². The first-order chi connectivity index (χ1) is 6.47. The molecule has 0 saturated carbocycles. The van der Waals surface area contributed by atoms with Crippen molar-refractivity contribution in [2.24, 2.45) is 0 Å². The van der Waals surface area contributed by atoms with E-state index in [1.807, 2.05) is 13.8 Å². The molecule has 16 heavy (non-hydrogen) atoms. The van der Waals surface area contributed by atoms with Crippen LogP contribution in [0.15, 0.2) is 0 Å². The average molecular weight is 239 g/mol. The number of hydrogen-bond donors (Lipinski definition) is 0. The van der Waals surface area contributed by atoms with Gasteiger partial charge in [0.1, 0.15) is 0 Å². The van der Waals surface area contributed by atoms with Crippen molar-refractivity contribution in [3.63, 3.8) is 0 Å². The third-order valence-electron chi connectivity index (χ3n) is 0.630. The summed E-state index contributed by atoms with van der Waals surface area (Å²) in [5, 5.41) is 0. The molecule has 0 N–H and O–H groups in total. The second-order valence-electron chi connectivity index (χ2n) is 2.53. The maximum atomic E-state index is 10.1. The summed E-state index contributed by atoms with van der Waals surface area (Å²) in [4.78, 5) is 11.6. The van der Waals surface area contributed by atoms with Crippen LogP contribution in [0.25, 0.3) is 0 Å². The molecule has 0 heterocycles. The molecule has 3 nitrogen and oxygen atoms in total. The van der Waals surface area contributed by atoms with E-state index in [9.17, 15) is 4.79 Å². The van der Waals surface area contributed by atoms with Gasteiger partial charge in [-0.15, -0.1) is 0 Å². The summed E-state index contributed by atoms with van der Waals surface area (Å²) in [5.41, 5.74) is 0. The number of carbonyl (C=O) groups is 1. The number of methoxy groups -OCH3 is 1. The molecular weight excluding hydrogens is 202 g/mol. The molecule has 0 bridgehead atoms. The highest BCUT2D eigenvalue weighted by Crippen LogP contribution is 1.69. The summed E-state index contributed by atoms with van der Waals surface area (Å²) in [5.74, 6) is 0.0926. The Hall–Kier alpha value is -0.570. The molecule has 0 aromatic rings. The van der Waals surface area contributed by atoms with E-state index in [4.69, 9.17) is 0 Å². The quantitative estimate of drug-likeness (QED) is 0.637. The summed E-state index contributed by atoms with van der Waals surface area (Å²) >= 11 is 0. The van der Waals surface area contributed by atoms with Crippen LogP contribution < -0.4 is 0 Å². The highest BCUT2D eigenvalue weighted by Gasteiger charge is 1.87. The summed E-state index contributed by atoms with van der Waals surface area (Å²) < 4.78 is 4.25. The van der Waals surface area contributed by atoms with Crippen LogP contribution in [-0.4, -0.2) is 39.1 Å². The number of carbonyl (C=O) groups excluding carboxylic acids is 1. The molecule has 0 spiro atoms. The van der Waals surface area contributed by atoms with Crippen molar-refractivity contribution in [2.45, 2.75) is 55.9 Å². The van der Waals surface area contributed by atoms with Crippen molar-refractivity contribution in [1.82, 2.24) is 4.90 Å². The molecule has 0 atom stereocenters. The maximum absolute atomic E-state index is 10.1. The lowest BCUT2D eigenvalue weighted by molar-refractivity contribution is -0.126. The highest BCUT2D eigenvalue weighted by molar-refractivity contribution is 5.72. The molecule has 106 valence electrons. The Morgan fingerprint density at radius 3 is 1.12 bits per heavy atom. The SMILES string of the molecule is C.C.CC.CC(=O)N(C)C.CCC.COC. The Morgan fingerprint density at radius 2 is 1.12 bits per heavy atom. The van der Waals surface area contributed by atoms with Crippen molar-refractivity contribution < 1.29 is 9.53 Å². The fourth-order valence-corrected chi connectivity index (χ4v) is 0. The number of amides is 1. The first-order valence-electron chi connectivity index (χ1n) is 5.05. The third-order valence-corrected chi connectivity index (χ3v) is 0.630. The van der Waals surface area contributed by atoms with E-state index in [0.29, 0.717) is 0 Å². The Balaban J connectivity index is -0.0000000220. The molecule has 0 aromatic heterocycles. The Labute approximate surface area is 105 Å². The number of ether oxygens (including phenoxy) is 1. The van der Waals surface area contributed by atoms with E-state index < -0.39 is 0 Å². The van der Waals surface area contributed by atoms with Crippen molar-refractivity contribution in [3.8, 4) is 0 Å². The molecule has 0 rings (SSSR count). The van der Waals surface area contributed by atoms with Gasteiger partial charge in [-0.05, 0) is 0 Å². The summed E-state index contributed by atoms with van der Waals surface area (Å²) in [7, 11) is 6.70. The molecule has 1 amide bonds. The van der Waals surface area contributed by atoms with Gasteiger partial charge in [-0.25, -0.2) is 0 Å². The van der Waals surface area contributed by atoms with E-state index in [-0.39, 0.29) is 20.8 Å².